The van der Waals surface area contributed by atoms with E-state index in [1.54, 1.807) is 0 Å². The molecule has 2 saturated heterocycles. The van der Waals surface area contributed by atoms with Crippen molar-refractivity contribution in [3.05, 3.63) is 0 Å². The highest BCUT2D eigenvalue weighted by Gasteiger charge is 2.24. The van der Waals surface area contributed by atoms with E-state index in [4.69, 9.17) is 4.74 Å². The van der Waals surface area contributed by atoms with Gasteiger partial charge in [0.1, 0.15) is 0 Å². The summed E-state index contributed by atoms with van der Waals surface area (Å²) in [5, 5.41) is 3.45. The molecule has 1 atom stereocenters. The lowest BCUT2D eigenvalue weighted by molar-refractivity contribution is 0.124. The highest BCUT2D eigenvalue weighted by atomic mass is 16.5. The molecule has 0 saturated carbocycles. The summed E-state index contributed by atoms with van der Waals surface area (Å²) in [5.41, 5.74) is 0. The lowest BCUT2D eigenvalue weighted by Crippen LogP contribution is -2.45. The molecular weight excluding hydrogens is 200 g/mol. The second kappa shape index (κ2) is 6.58. The molecule has 0 amide bonds. The number of ether oxygens (including phenoxy) is 1. The first-order chi connectivity index (χ1) is 7.90. The minimum atomic E-state index is 0.793. The Morgan fingerprint density at radius 3 is 2.69 bits per heavy atom. The molecule has 1 N–H and O–H groups in total. The Morgan fingerprint density at radius 2 is 2.06 bits per heavy atom. The first-order valence-electron chi connectivity index (χ1n) is 6.92. The first kappa shape index (κ1) is 12.3. The normalized spacial score (nSPS) is 27.8. The van der Waals surface area contributed by atoms with E-state index < -0.39 is 0 Å². The van der Waals surface area contributed by atoms with Crippen LogP contribution < -0.4 is 5.32 Å². The van der Waals surface area contributed by atoms with Crippen molar-refractivity contribution < 1.29 is 4.74 Å². The smallest absolute Gasteiger partial charge is 0.0507 e. The topological polar surface area (TPSA) is 24.5 Å². The Hall–Kier alpha value is -0.120. The number of nitrogens with zero attached hydrogens (tertiary/aromatic N) is 1. The number of piperidine rings is 1. The van der Waals surface area contributed by atoms with Crippen LogP contribution in [-0.4, -0.2) is 50.3 Å². The Morgan fingerprint density at radius 1 is 1.25 bits per heavy atom. The van der Waals surface area contributed by atoms with Crippen molar-refractivity contribution >= 4 is 0 Å². The zero-order valence-electron chi connectivity index (χ0n) is 10.6. The van der Waals surface area contributed by atoms with Crippen molar-refractivity contribution in [1.29, 1.82) is 0 Å². The summed E-state index contributed by atoms with van der Waals surface area (Å²) in [6, 6.07) is 0.821. The van der Waals surface area contributed by atoms with Gasteiger partial charge in [0.15, 0.2) is 0 Å². The van der Waals surface area contributed by atoms with E-state index in [1.807, 2.05) is 0 Å². The van der Waals surface area contributed by atoms with Gasteiger partial charge in [-0.25, -0.2) is 0 Å². The first-order valence-corrected chi connectivity index (χ1v) is 6.92. The molecule has 2 aliphatic rings. The van der Waals surface area contributed by atoms with E-state index in [-0.39, 0.29) is 0 Å². The minimum Gasteiger partial charge on any atom is -0.381 e. The van der Waals surface area contributed by atoms with Crippen LogP contribution in [0.5, 0.6) is 0 Å². The number of rotatable bonds is 5. The molecule has 2 aliphatic heterocycles. The summed E-state index contributed by atoms with van der Waals surface area (Å²) in [5.74, 6) is 0.793. The highest BCUT2D eigenvalue weighted by molar-refractivity contribution is 4.80. The minimum absolute atomic E-state index is 0.793. The third kappa shape index (κ3) is 3.44. The summed E-state index contributed by atoms with van der Waals surface area (Å²) in [6.45, 7) is 9.19. The van der Waals surface area contributed by atoms with E-state index >= 15 is 0 Å². The van der Waals surface area contributed by atoms with Gasteiger partial charge in [-0.15, -0.1) is 0 Å². The average molecular weight is 226 g/mol. The van der Waals surface area contributed by atoms with Crippen molar-refractivity contribution in [2.24, 2.45) is 5.92 Å². The Balaban J connectivity index is 1.82. The van der Waals surface area contributed by atoms with E-state index in [0.29, 0.717) is 0 Å². The van der Waals surface area contributed by atoms with Gasteiger partial charge in [-0.05, 0) is 51.2 Å². The zero-order valence-corrected chi connectivity index (χ0v) is 10.6. The molecule has 3 heteroatoms. The summed E-state index contributed by atoms with van der Waals surface area (Å²) in [4.78, 5) is 2.72. The summed E-state index contributed by atoms with van der Waals surface area (Å²) < 4.78 is 5.48. The van der Waals surface area contributed by atoms with E-state index in [9.17, 15) is 0 Å². The van der Waals surface area contributed by atoms with Crippen LogP contribution in [0, 0.1) is 5.92 Å². The molecule has 16 heavy (non-hydrogen) atoms. The van der Waals surface area contributed by atoms with Crippen LogP contribution in [0.25, 0.3) is 0 Å². The van der Waals surface area contributed by atoms with Gasteiger partial charge < -0.3 is 10.1 Å². The standard InChI is InChI=1S/C13H26N2O/c1-2-8-15(10-12-5-9-16-11-12)13-3-6-14-7-4-13/h12-14H,2-11H2,1H3. The summed E-state index contributed by atoms with van der Waals surface area (Å²) in [7, 11) is 0. The number of nitrogens with one attached hydrogen (secondary N) is 1. The second-order valence-electron chi connectivity index (χ2n) is 5.21. The predicted octanol–water partition coefficient (Wildman–Crippen LogP) is 1.49. The van der Waals surface area contributed by atoms with Gasteiger partial charge in [-0.3, -0.25) is 4.90 Å². The molecule has 0 aromatic rings. The lowest BCUT2D eigenvalue weighted by atomic mass is 10.0. The Kier molecular flexibility index (Phi) is 5.07. The number of hydrogen-bond acceptors (Lipinski definition) is 3. The third-order valence-electron chi connectivity index (χ3n) is 3.85. The van der Waals surface area contributed by atoms with Crippen molar-refractivity contribution in [3.8, 4) is 0 Å². The van der Waals surface area contributed by atoms with Gasteiger partial charge in [0.2, 0.25) is 0 Å². The van der Waals surface area contributed by atoms with Crippen molar-refractivity contribution in [1.82, 2.24) is 10.2 Å². The summed E-state index contributed by atoms with van der Waals surface area (Å²) in [6.07, 6.45) is 5.20. The van der Waals surface area contributed by atoms with Gasteiger partial charge >= 0.3 is 0 Å². The number of hydrogen-bond donors (Lipinski definition) is 1. The molecule has 0 bridgehead atoms. The Bertz CT molecular complexity index is 186. The maximum Gasteiger partial charge on any atom is 0.0507 e. The average Bonchev–Trinajstić information content (AvgIpc) is 2.83. The van der Waals surface area contributed by atoms with Crippen molar-refractivity contribution in [2.45, 2.75) is 38.6 Å². The van der Waals surface area contributed by atoms with Gasteiger partial charge in [0.05, 0.1) is 6.61 Å². The van der Waals surface area contributed by atoms with Crippen LogP contribution in [0.3, 0.4) is 0 Å². The van der Waals surface area contributed by atoms with Crippen LogP contribution in [0.15, 0.2) is 0 Å². The van der Waals surface area contributed by atoms with Gasteiger partial charge in [-0.1, -0.05) is 6.92 Å². The molecule has 94 valence electrons. The van der Waals surface area contributed by atoms with Gasteiger partial charge in [0, 0.05) is 19.2 Å². The van der Waals surface area contributed by atoms with E-state index in [0.717, 1.165) is 25.2 Å². The third-order valence-corrected chi connectivity index (χ3v) is 3.85. The largest absolute Gasteiger partial charge is 0.381 e. The van der Waals surface area contributed by atoms with Gasteiger partial charge in [-0.2, -0.15) is 0 Å². The quantitative estimate of drug-likeness (QED) is 0.768. The molecule has 2 heterocycles. The highest BCUT2D eigenvalue weighted by Crippen LogP contribution is 2.19. The van der Waals surface area contributed by atoms with E-state index in [1.165, 1.54) is 51.9 Å². The predicted molar refractivity (Wildman–Crippen MR) is 66.7 cm³/mol. The molecule has 0 radical (unpaired) electrons. The zero-order chi connectivity index (χ0) is 11.2. The molecule has 3 nitrogen and oxygen atoms in total. The summed E-state index contributed by atoms with van der Waals surface area (Å²) >= 11 is 0. The fraction of sp³-hybridized carbons (Fsp3) is 1.00. The maximum atomic E-state index is 5.48. The maximum absolute atomic E-state index is 5.48. The van der Waals surface area contributed by atoms with Crippen LogP contribution in [0.1, 0.15) is 32.6 Å². The molecule has 1 unspecified atom stereocenters. The van der Waals surface area contributed by atoms with E-state index in [2.05, 4.69) is 17.1 Å². The Labute approximate surface area is 99.5 Å². The van der Waals surface area contributed by atoms with Crippen molar-refractivity contribution in [2.75, 3.05) is 39.4 Å². The molecule has 2 fully saturated rings. The molecule has 0 aliphatic carbocycles. The lowest BCUT2D eigenvalue weighted by Gasteiger charge is -2.35. The molecule has 0 aromatic heterocycles. The fourth-order valence-electron chi connectivity index (χ4n) is 2.94. The van der Waals surface area contributed by atoms with Crippen LogP contribution in [0.2, 0.25) is 0 Å². The fourth-order valence-corrected chi connectivity index (χ4v) is 2.94. The molecule has 2 rings (SSSR count). The van der Waals surface area contributed by atoms with Crippen LogP contribution in [0.4, 0.5) is 0 Å². The van der Waals surface area contributed by atoms with Crippen LogP contribution in [-0.2, 0) is 4.74 Å². The molecule has 0 spiro atoms. The monoisotopic (exact) mass is 226 g/mol. The second-order valence-corrected chi connectivity index (χ2v) is 5.21. The van der Waals surface area contributed by atoms with Crippen molar-refractivity contribution in [3.63, 3.8) is 0 Å². The SMILES string of the molecule is CCCN(CC1CCOC1)C1CCNCC1. The van der Waals surface area contributed by atoms with Crippen LogP contribution >= 0.6 is 0 Å². The molecule has 0 aromatic carbocycles. The van der Waals surface area contributed by atoms with Gasteiger partial charge in [0.25, 0.3) is 0 Å². The molecular formula is C13H26N2O.